The second kappa shape index (κ2) is 5.98. The summed E-state index contributed by atoms with van der Waals surface area (Å²) in [6.45, 7) is 1.46. The molecule has 2 heterocycles. The maximum absolute atomic E-state index is 12.2. The summed E-state index contributed by atoms with van der Waals surface area (Å²) < 4.78 is 6.86. The molecule has 2 aromatic rings. The van der Waals surface area contributed by atoms with Gasteiger partial charge in [0, 0.05) is 25.8 Å². The maximum Gasteiger partial charge on any atom is 0.251 e. The first-order valence-corrected chi connectivity index (χ1v) is 6.66. The number of tetrazole rings is 1. The number of rotatable bonds is 4. The average Bonchev–Trinajstić information content (AvgIpc) is 3.18. The fraction of sp³-hybridized carbons (Fsp3) is 0.385. The molecular weight excluding hydrogens is 272 g/mol. The quantitative estimate of drug-likeness (QED) is 0.778. The molecular formula is C13H16N6O2. The summed E-state index contributed by atoms with van der Waals surface area (Å²) in [4.78, 5) is 12.2. The first kappa shape index (κ1) is 13.7. The predicted octanol–water partition coefficient (Wildman–Crippen LogP) is -0.621. The number of methoxy groups -OCH3 is 1. The van der Waals surface area contributed by atoms with Crippen molar-refractivity contribution in [2.45, 2.75) is 12.1 Å². The maximum atomic E-state index is 12.2. The van der Waals surface area contributed by atoms with Crippen LogP contribution in [-0.4, -0.2) is 58.5 Å². The molecule has 0 aliphatic carbocycles. The normalized spacial score (nSPS) is 21.4. The highest BCUT2D eigenvalue weighted by Crippen LogP contribution is 2.09. The lowest BCUT2D eigenvalue weighted by atomic mass is 10.1. The third-order valence-corrected chi connectivity index (χ3v) is 3.52. The Bertz CT molecular complexity index is 598. The lowest BCUT2D eigenvalue weighted by Gasteiger charge is -2.18. The van der Waals surface area contributed by atoms with E-state index < -0.39 is 0 Å². The van der Waals surface area contributed by atoms with Gasteiger partial charge < -0.3 is 15.4 Å². The third kappa shape index (κ3) is 2.91. The molecule has 2 N–H and O–H groups in total. The van der Waals surface area contributed by atoms with Crippen LogP contribution in [0.15, 0.2) is 30.6 Å². The monoisotopic (exact) mass is 288 g/mol. The zero-order valence-electron chi connectivity index (χ0n) is 11.6. The lowest BCUT2D eigenvalue weighted by molar-refractivity contribution is 0.0780. The molecule has 2 atom stereocenters. The highest BCUT2D eigenvalue weighted by Gasteiger charge is 2.28. The molecule has 1 amide bonds. The first-order chi connectivity index (χ1) is 10.3. The molecule has 0 spiro atoms. The van der Waals surface area contributed by atoms with E-state index >= 15 is 0 Å². The van der Waals surface area contributed by atoms with Crippen molar-refractivity contribution in [3.05, 3.63) is 36.2 Å². The zero-order valence-corrected chi connectivity index (χ0v) is 11.6. The number of ether oxygens (including phenoxy) is 1. The van der Waals surface area contributed by atoms with E-state index in [9.17, 15) is 4.79 Å². The van der Waals surface area contributed by atoms with Crippen LogP contribution in [0.4, 0.5) is 0 Å². The summed E-state index contributed by atoms with van der Waals surface area (Å²) in [6, 6.07) is 7.08. The molecule has 1 unspecified atom stereocenters. The molecule has 1 aromatic carbocycles. The summed E-state index contributed by atoms with van der Waals surface area (Å²) in [5, 5.41) is 17.1. The van der Waals surface area contributed by atoms with Crippen LogP contribution < -0.4 is 10.6 Å². The number of benzene rings is 1. The van der Waals surface area contributed by atoms with Gasteiger partial charge in [0.15, 0.2) is 0 Å². The Morgan fingerprint density at radius 3 is 2.86 bits per heavy atom. The minimum absolute atomic E-state index is 0.00875. The van der Waals surface area contributed by atoms with Crippen molar-refractivity contribution in [2.75, 3.05) is 20.2 Å². The summed E-state index contributed by atoms with van der Waals surface area (Å²) >= 11 is 0. The standard InChI is InChI=1S/C13H16N6O2/c1-21-12-7-14-6-11(12)16-13(20)9-2-4-10(5-3-9)19-8-15-17-18-19/h2-5,8,11-12,14H,6-7H2,1H3,(H,16,20)/t11?,12-/m0/s1. The van der Waals surface area contributed by atoms with Crippen LogP contribution >= 0.6 is 0 Å². The molecule has 1 fully saturated rings. The smallest absolute Gasteiger partial charge is 0.251 e. The molecule has 21 heavy (non-hydrogen) atoms. The topological polar surface area (TPSA) is 94.0 Å². The Morgan fingerprint density at radius 2 is 2.19 bits per heavy atom. The van der Waals surface area contributed by atoms with Crippen molar-refractivity contribution < 1.29 is 9.53 Å². The van der Waals surface area contributed by atoms with E-state index in [0.29, 0.717) is 12.1 Å². The largest absolute Gasteiger partial charge is 0.378 e. The number of hydrogen-bond donors (Lipinski definition) is 2. The fourth-order valence-corrected chi connectivity index (χ4v) is 2.34. The van der Waals surface area contributed by atoms with Crippen LogP contribution in [0, 0.1) is 0 Å². The highest BCUT2D eigenvalue weighted by molar-refractivity contribution is 5.94. The first-order valence-electron chi connectivity index (χ1n) is 6.66. The van der Waals surface area contributed by atoms with E-state index in [-0.39, 0.29) is 18.1 Å². The highest BCUT2D eigenvalue weighted by atomic mass is 16.5. The SMILES string of the molecule is CO[C@H]1CNCC1NC(=O)c1ccc(-n2cnnn2)cc1. The number of carbonyl (C=O) groups is 1. The average molecular weight is 288 g/mol. The van der Waals surface area contributed by atoms with E-state index in [2.05, 4.69) is 26.2 Å². The van der Waals surface area contributed by atoms with Gasteiger partial charge in [0.1, 0.15) is 6.33 Å². The molecule has 1 aliphatic heterocycles. The van der Waals surface area contributed by atoms with Gasteiger partial charge in [-0.1, -0.05) is 0 Å². The summed E-state index contributed by atoms with van der Waals surface area (Å²) in [5.74, 6) is -0.117. The van der Waals surface area contributed by atoms with Gasteiger partial charge in [0.2, 0.25) is 0 Å². The molecule has 0 radical (unpaired) electrons. The van der Waals surface area contributed by atoms with Crippen LogP contribution in [0.2, 0.25) is 0 Å². The van der Waals surface area contributed by atoms with Gasteiger partial charge in [-0.05, 0) is 34.7 Å². The summed E-state index contributed by atoms with van der Waals surface area (Å²) in [5.41, 5.74) is 1.39. The Kier molecular flexibility index (Phi) is 3.89. The number of nitrogens with one attached hydrogen (secondary N) is 2. The molecule has 1 saturated heterocycles. The van der Waals surface area contributed by atoms with Crippen LogP contribution in [-0.2, 0) is 4.74 Å². The Balaban J connectivity index is 1.68. The summed E-state index contributed by atoms with van der Waals surface area (Å²) in [7, 11) is 1.65. The van der Waals surface area contributed by atoms with Crippen molar-refractivity contribution in [1.29, 1.82) is 0 Å². The molecule has 1 aliphatic rings. The minimum atomic E-state index is -0.117. The predicted molar refractivity (Wildman–Crippen MR) is 74.1 cm³/mol. The van der Waals surface area contributed by atoms with Gasteiger partial charge in [0.05, 0.1) is 17.8 Å². The van der Waals surface area contributed by atoms with Gasteiger partial charge in [-0.25, -0.2) is 4.68 Å². The number of amides is 1. The Labute approximate surface area is 121 Å². The number of nitrogens with zero attached hydrogens (tertiary/aromatic N) is 4. The molecule has 8 heteroatoms. The molecule has 1 aromatic heterocycles. The van der Waals surface area contributed by atoms with E-state index in [1.807, 2.05) is 0 Å². The lowest BCUT2D eigenvalue weighted by Crippen LogP contribution is -2.43. The number of aromatic nitrogens is 4. The fourth-order valence-electron chi connectivity index (χ4n) is 2.34. The van der Waals surface area contributed by atoms with Gasteiger partial charge in [-0.2, -0.15) is 0 Å². The van der Waals surface area contributed by atoms with E-state index in [4.69, 9.17) is 4.74 Å². The number of hydrogen-bond acceptors (Lipinski definition) is 6. The molecule has 0 saturated carbocycles. The van der Waals surface area contributed by atoms with Gasteiger partial charge in [-0.3, -0.25) is 4.79 Å². The zero-order chi connectivity index (χ0) is 14.7. The van der Waals surface area contributed by atoms with Gasteiger partial charge in [-0.15, -0.1) is 5.10 Å². The third-order valence-electron chi connectivity index (χ3n) is 3.52. The van der Waals surface area contributed by atoms with Crippen LogP contribution in [0.5, 0.6) is 0 Å². The summed E-state index contributed by atoms with van der Waals surface area (Å²) in [6.07, 6.45) is 1.51. The molecule has 110 valence electrons. The van der Waals surface area contributed by atoms with Crippen LogP contribution in [0.1, 0.15) is 10.4 Å². The molecule has 0 bridgehead atoms. The molecule has 3 rings (SSSR count). The van der Waals surface area contributed by atoms with Crippen LogP contribution in [0.3, 0.4) is 0 Å². The number of carbonyl (C=O) groups excluding carboxylic acids is 1. The Hall–Kier alpha value is -2.32. The van der Waals surface area contributed by atoms with E-state index in [1.165, 1.54) is 11.0 Å². The Morgan fingerprint density at radius 1 is 1.38 bits per heavy atom. The van der Waals surface area contributed by atoms with Gasteiger partial charge in [0.25, 0.3) is 5.91 Å². The van der Waals surface area contributed by atoms with Gasteiger partial charge >= 0.3 is 0 Å². The van der Waals surface area contributed by atoms with Crippen molar-refractivity contribution in [1.82, 2.24) is 30.8 Å². The van der Waals surface area contributed by atoms with E-state index in [0.717, 1.165) is 12.2 Å². The van der Waals surface area contributed by atoms with Crippen molar-refractivity contribution >= 4 is 5.91 Å². The van der Waals surface area contributed by atoms with Crippen LogP contribution in [0.25, 0.3) is 5.69 Å². The second-order valence-corrected chi connectivity index (χ2v) is 4.81. The van der Waals surface area contributed by atoms with Crippen molar-refractivity contribution in [2.24, 2.45) is 0 Å². The second-order valence-electron chi connectivity index (χ2n) is 4.81. The minimum Gasteiger partial charge on any atom is -0.378 e. The van der Waals surface area contributed by atoms with E-state index in [1.54, 1.807) is 31.4 Å². The molecule has 8 nitrogen and oxygen atoms in total. The van der Waals surface area contributed by atoms with Crippen molar-refractivity contribution in [3.63, 3.8) is 0 Å². The van der Waals surface area contributed by atoms with Crippen molar-refractivity contribution in [3.8, 4) is 5.69 Å².